The highest BCUT2D eigenvalue weighted by Crippen LogP contribution is 2.24. The molecular formula is C18H14Cl2N2O2S. The van der Waals surface area contributed by atoms with Gasteiger partial charge in [-0.3, -0.25) is 0 Å². The summed E-state index contributed by atoms with van der Waals surface area (Å²) in [7, 11) is 0. The predicted molar refractivity (Wildman–Crippen MR) is 102 cm³/mol. The number of carbonyl (C=O) groups is 1. The highest BCUT2D eigenvalue weighted by atomic mass is 35.5. The lowest BCUT2D eigenvalue weighted by Crippen LogP contribution is -2.05. The van der Waals surface area contributed by atoms with Crippen LogP contribution in [0.1, 0.15) is 21.6 Å². The molecule has 1 N–H and O–H groups in total. The van der Waals surface area contributed by atoms with Gasteiger partial charge in [-0.1, -0.05) is 40.9 Å². The quantitative estimate of drug-likeness (QED) is 0.552. The minimum Gasteiger partial charge on any atom is -0.456 e. The van der Waals surface area contributed by atoms with Crippen molar-refractivity contribution >= 4 is 51.3 Å². The second kappa shape index (κ2) is 7.87. The Balaban J connectivity index is 1.58. The summed E-state index contributed by atoms with van der Waals surface area (Å²) in [5.74, 6) is -0.473. The highest BCUT2D eigenvalue weighted by Gasteiger charge is 2.11. The van der Waals surface area contributed by atoms with E-state index in [-0.39, 0.29) is 6.61 Å². The molecule has 0 unspecified atom stereocenters. The number of rotatable bonds is 5. The van der Waals surface area contributed by atoms with E-state index in [0.29, 0.717) is 21.3 Å². The van der Waals surface area contributed by atoms with Crippen LogP contribution in [0.4, 0.5) is 10.8 Å². The highest BCUT2D eigenvalue weighted by molar-refractivity contribution is 7.13. The Bertz CT molecular complexity index is 894. The molecule has 0 fully saturated rings. The van der Waals surface area contributed by atoms with Gasteiger partial charge in [-0.2, -0.15) is 0 Å². The van der Waals surface area contributed by atoms with Gasteiger partial charge in [0.05, 0.1) is 21.3 Å². The van der Waals surface area contributed by atoms with Crippen molar-refractivity contribution < 1.29 is 9.53 Å². The minimum atomic E-state index is -0.473. The fourth-order valence-corrected chi connectivity index (χ4v) is 3.05. The molecule has 0 aliphatic rings. The fraction of sp³-hybridized carbons (Fsp3) is 0.111. The number of hydrogen-bond donors (Lipinski definition) is 1. The Morgan fingerprint density at radius 2 is 1.92 bits per heavy atom. The molecule has 3 aromatic rings. The Hall–Kier alpha value is -2.08. The lowest BCUT2D eigenvalue weighted by Gasteiger charge is -2.04. The van der Waals surface area contributed by atoms with Crippen LogP contribution in [0.5, 0.6) is 0 Å². The lowest BCUT2D eigenvalue weighted by molar-refractivity contribution is 0.0468. The number of nitrogens with one attached hydrogen (secondary N) is 1. The number of halogens is 2. The van der Waals surface area contributed by atoms with Gasteiger partial charge in [0.15, 0.2) is 5.13 Å². The maximum atomic E-state index is 12.0. The first-order chi connectivity index (χ1) is 12.0. The van der Waals surface area contributed by atoms with E-state index in [1.165, 1.54) is 23.0 Å². The van der Waals surface area contributed by atoms with Gasteiger partial charge >= 0.3 is 5.97 Å². The standard InChI is InChI=1S/C18H14Cl2N2O2S/c1-11-2-5-13(6-3-11)21-18-22-14(10-25-18)9-24-17(23)12-4-7-15(19)16(20)8-12/h2-8,10H,9H2,1H3,(H,21,22). The molecular weight excluding hydrogens is 379 g/mol. The molecule has 0 saturated carbocycles. The fourth-order valence-electron chi connectivity index (χ4n) is 2.04. The number of benzene rings is 2. The zero-order valence-electron chi connectivity index (χ0n) is 13.3. The first-order valence-corrected chi connectivity index (χ1v) is 9.05. The predicted octanol–water partition coefficient (Wildman–Crippen LogP) is 5.86. The number of aromatic nitrogens is 1. The largest absolute Gasteiger partial charge is 0.456 e. The van der Waals surface area contributed by atoms with Crippen molar-refractivity contribution in [2.75, 3.05) is 5.32 Å². The van der Waals surface area contributed by atoms with Gasteiger partial charge < -0.3 is 10.1 Å². The van der Waals surface area contributed by atoms with Crippen LogP contribution in [-0.4, -0.2) is 11.0 Å². The number of thiazole rings is 1. The molecule has 0 atom stereocenters. The summed E-state index contributed by atoms with van der Waals surface area (Å²) in [6.07, 6.45) is 0. The Morgan fingerprint density at radius 3 is 2.64 bits per heavy atom. The number of aryl methyl sites for hydroxylation is 1. The molecule has 0 aliphatic heterocycles. The van der Waals surface area contributed by atoms with Crippen molar-refractivity contribution in [2.45, 2.75) is 13.5 Å². The zero-order valence-corrected chi connectivity index (χ0v) is 15.6. The Kier molecular flexibility index (Phi) is 5.58. The van der Waals surface area contributed by atoms with Crippen LogP contribution in [0.3, 0.4) is 0 Å². The summed E-state index contributed by atoms with van der Waals surface area (Å²) in [4.78, 5) is 16.5. The number of anilines is 2. The first kappa shape index (κ1) is 17.7. The number of hydrogen-bond acceptors (Lipinski definition) is 5. The number of nitrogens with zero attached hydrogens (tertiary/aromatic N) is 1. The average Bonchev–Trinajstić information content (AvgIpc) is 3.04. The summed E-state index contributed by atoms with van der Waals surface area (Å²) in [6.45, 7) is 2.12. The van der Waals surface area contributed by atoms with Crippen molar-refractivity contribution in [2.24, 2.45) is 0 Å². The van der Waals surface area contributed by atoms with Gasteiger partial charge in [-0.05, 0) is 37.3 Å². The van der Waals surface area contributed by atoms with Gasteiger partial charge in [0, 0.05) is 11.1 Å². The Labute approximate surface area is 159 Å². The van der Waals surface area contributed by atoms with E-state index < -0.39 is 5.97 Å². The Morgan fingerprint density at radius 1 is 1.16 bits per heavy atom. The van der Waals surface area contributed by atoms with Crippen LogP contribution in [0, 0.1) is 6.92 Å². The smallest absolute Gasteiger partial charge is 0.338 e. The van der Waals surface area contributed by atoms with E-state index in [4.69, 9.17) is 27.9 Å². The third kappa shape index (κ3) is 4.72. The summed E-state index contributed by atoms with van der Waals surface area (Å²) >= 11 is 13.2. The van der Waals surface area contributed by atoms with Gasteiger partial charge in [0.25, 0.3) is 0 Å². The molecule has 4 nitrogen and oxygen atoms in total. The van der Waals surface area contributed by atoms with Crippen LogP contribution in [-0.2, 0) is 11.3 Å². The maximum Gasteiger partial charge on any atom is 0.338 e. The van der Waals surface area contributed by atoms with Crippen molar-refractivity contribution in [3.8, 4) is 0 Å². The van der Waals surface area contributed by atoms with Gasteiger partial charge in [-0.25, -0.2) is 9.78 Å². The molecule has 0 bridgehead atoms. The summed E-state index contributed by atoms with van der Waals surface area (Å²) in [6, 6.07) is 12.6. The molecule has 2 aromatic carbocycles. The average molecular weight is 393 g/mol. The summed E-state index contributed by atoms with van der Waals surface area (Å²) < 4.78 is 5.26. The van der Waals surface area contributed by atoms with E-state index in [0.717, 1.165) is 10.8 Å². The third-order valence-electron chi connectivity index (χ3n) is 3.36. The maximum absolute atomic E-state index is 12.0. The van der Waals surface area contributed by atoms with E-state index in [9.17, 15) is 4.79 Å². The second-order valence-electron chi connectivity index (χ2n) is 5.34. The minimum absolute atomic E-state index is 0.0884. The molecule has 0 spiro atoms. The number of esters is 1. The second-order valence-corrected chi connectivity index (χ2v) is 7.01. The zero-order chi connectivity index (χ0) is 17.8. The summed E-state index contributed by atoms with van der Waals surface area (Å²) in [5.41, 5.74) is 3.18. The van der Waals surface area contributed by atoms with E-state index in [2.05, 4.69) is 10.3 Å². The van der Waals surface area contributed by atoms with Crippen LogP contribution < -0.4 is 5.32 Å². The van der Waals surface area contributed by atoms with Gasteiger partial charge in [0.1, 0.15) is 6.61 Å². The van der Waals surface area contributed by atoms with Crippen molar-refractivity contribution in [3.63, 3.8) is 0 Å². The van der Waals surface area contributed by atoms with Crippen molar-refractivity contribution in [1.29, 1.82) is 0 Å². The van der Waals surface area contributed by atoms with Crippen LogP contribution in [0.25, 0.3) is 0 Å². The summed E-state index contributed by atoms with van der Waals surface area (Å²) in [5, 5.41) is 6.51. The van der Waals surface area contributed by atoms with Gasteiger partial charge in [-0.15, -0.1) is 11.3 Å². The van der Waals surface area contributed by atoms with Crippen molar-refractivity contribution in [3.05, 3.63) is 74.7 Å². The lowest BCUT2D eigenvalue weighted by atomic mass is 10.2. The molecule has 7 heteroatoms. The molecule has 1 aromatic heterocycles. The molecule has 3 rings (SSSR count). The normalized spacial score (nSPS) is 10.5. The van der Waals surface area contributed by atoms with E-state index >= 15 is 0 Å². The third-order valence-corrected chi connectivity index (χ3v) is 4.91. The van der Waals surface area contributed by atoms with Crippen molar-refractivity contribution in [1.82, 2.24) is 4.98 Å². The molecule has 0 amide bonds. The molecule has 0 aliphatic carbocycles. The van der Waals surface area contributed by atoms with Crippen LogP contribution in [0.2, 0.25) is 10.0 Å². The molecule has 0 radical (unpaired) electrons. The number of carbonyl (C=O) groups excluding carboxylic acids is 1. The molecule has 0 saturated heterocycles. The SMILES string of the molecule is Cc1ccc(Nc2nc(COC(=O)c3ccc(Cl)c(Cl)c3)cs2)cc1. The molecule has 1 heterocycles. The van der Waals surface area contributed by atoms with Gasteiger partial charge in [0.2, 0.25) is 0 Å². The first-order valence-electron chi connectivity index (χ1n) is 7.41. The van der Waals surface area contributed by atoms with E-state index in [1.54, 1.807) is 12.1 Å². The monoisotopic (exact) mass is 392 g/mol. The van der Waals surface area contributed by atoms with Crippen LogP contribution in [0.15, 0.2) is 47.8 Å². The number of ether oxygens (including phenoxy) is 1. The van der Waals surface area contributed by atoms with E-state index in [1.807, 2.05) is 36.6 Å². The molecule has 128 valence electrons. The van der Waals surface area contributed by atoms with Crippen LogP contribution >= 0.6 is 34.5 Å². The topological polar surface area (TPSA) is 51.2 Å². The molecule has 25 heavy (non-hydrogen) atoms.